The van der Waals surface area contributed by atoms with Crippen molar-refractivity contribution in [3.05, 3.63) is 41.2 Å². The normalized spacial score (nSPS) is 13.1. The minimum atomic E-state index is 0.388. The lowest BCUT2D eigenvalue weighted by molar-refractivity contribution is 0.489. The summed E-state index contributed by atoms with van der Waals surface area (Å²) in [6.45, 7) is 15.7. The topological polar surface area (TPSA) is 17.8 Å². The monoisotopic (exact) mass is 298 g/mol. The Balaban J connectivity index is 2.74. The smallest absolute Gasteiger partial charge is 0.0734 e. The van der Waals surface area contributed by atoms with Gasteiger partial charge in [-0.3, -0.25) is 4.68 Å². The van der Waals surface area contributed by atoms with Gasteiger partial charge < -0.3 is 0 Å². The molecule has 2 rings (SSSR count). The van der Waals surface area contributed by atoms with E-state index in [4.69, 9.17) is 5.10 Å². The Morgan fingerprint density at radius 3 is 2.05 bits per heavy atom. The molecule has 1 aromatic carbocycles. The molecular weight excluding hydrogens is 268 g/mol. The zero-order valence-corrected chi connectivity index (χ0v) is 15.1. The lowest BCUT2D eigenvalue weighted by atomic mass is 9.91. The van der Waals surface area contributed by atoms with Crippen LogP contribution in [0.15, 0.2) is 24.3 Å². The van der Waals surface area contributed by atoms with E-state index in [9.17, 15) is 0 Å². The highest BCUT2D eigenvalue weighted by molar-refractivity contribution is 5.70. The average Bonchev–Trinajstić information content (AvgIpc) is 2.88. The molecule has 0 spiro atoms. The van der Waals surface area contributed by atoms with Crippen LogP contribution in [0.3, 0.4) is 0 Å². The molecule has 0 aliphatic carbocycles. The van der Waals surface area contributed by atoms with Gasteiger partial charge in [-0.15, -0.1) is 0 Å². The molecule has 0 aliphatic heterocycles. The maximum atomic E-state index is 5.02. The van der Waals surface area contributed by atoms with Crippen LogP contribution >= 0.6 is 0 Å². The largest absolute Gasteiger partial charge is 0.266 e. The van der Waals surface area contributed by atoms with Crippen molar-refractivity contribution in [2.45, 2.75) is 72.8 Å². The highest BCUT2D eigenvalue weighted by atomic mass is 15.3. The second kappa shape index (κ2) is 6.68. The van der Waals surface area contributed by atoms with E-state index < -0.39 is 0 Å². The molecule has 22 heavy (non-hydrogen) atoms. The molecule has 120 valence electrons. The molecule has 0 amide bonds. The Morgan fingerprint density at radius 2 is 1.59 bits per heavy atom. The summed E-state index contributed by atoms with van der Waals surface area (Å²) in [5, 5.41) is 5.02. The minimum absolute atomic E-state index is 0.388. The first-order valence-electron chi connectivity index (χ1n) is 8.56. The van der Waals surface area contributed by atoms with E-state index in [1.807, 2.05) is 0 Å². The van der Waals surface area contributed by atoms with Gasteiger partial charge in [0.05, 0.1) is 5.69 Å². The Labute approximate surface area is 135 Å². The van der Waals surface area contributed by atoms with Crippen LogP contribution in [0.25, 0.3) is 11.1 Å². The van der Waals surface area contributed by atoms with E-state index in [0.29, 0.717) is 17.9 Å². The standard InChI is InChI=1S/C20H30N2/c1-8-16(7)19-18(17-11-9-15(6)10-12-17)20(13(2)3)22(21-19)14(4)5/h9-14,16H,8H2,1-7H3. The molecular formula is C20H30N2. The summed E-state index contributed by atoms with van der Waals surface area (Å²) in [5.41, 5.74) is 6.59. The molecule has 0 saturated carbocycles. The molecule has 0 N–H and O–H groups in total. The first-order valence-corrected chi connectivity index (χ1v) is 8.56. The molecule has 0 bridgehead atoms. The maximum absolute atomic E-state index is 5.02. The van der Waals surface area contributed by atoms with Crippen LogP contribution in [0, 0.1) is 6.92 Å². The summed E-state index contributed by atoms with van der Waals surface area (Å²) >= 11 is 0. The Kier molecular flexibility index (Phi) is 5.10. The summed E-state index contributed by atoms with van der Waals surface area (Å²) < 4.78 is 2.24. The number of nitrogens with zero attached hydrogens (tertiary/aromatic N) is 2. The van der Waals surface area contributed by atoms with E-state index >= 15 is 0 Å². The van der Waals surface area contributed by atoms with Crippen molar-refractivity contribution >= 4 is 0 Å². The molecule has 0 radical (unpaired) electrons. The zero-order chi connectivity index (χ0) is 16.4. The predicted octanol–water partition coefficient (Wildman–Crippen LogP) is 6.08. The fourth-order valence-electron chi connectivity index (χ4n) is 2.97. The van der Waals surface area contributed by atoms with Crippen molar-refractivity contribution in [3.63, 3.8) is 0 Å². The van der Waals surface area contributed by atoms with Gasteiger partial charge in [-0.25, -0.2) is 0 Å². The fraction of sp³-hybridized carbons (Fsp3) is 0.550. The molecule has 0 fully saturated rings. The summed E-state index contributed by atoms with van der Waals surface area (Å²) in [5.74, 6) is 0.942. The SMILES string of the molecule is CCC(C)c1nn(C(C)C)c(C(C)C)c1-c1ccc(C)cc1. The number of hydrogen-bond donors (Lipinski definition) is 0. The van der Waals surface area contributed by atoms with Crippen molar-refractivity contribution in [1.29, 1.82) is 0 Å². The van der Waals surface area contributed by atoms with Gasteiger partial charge in [0.25, 0.3) is 0 Å². The quantitative estimate of drug-likeness (QED) is 0.654. The van der Waals surface area contributed by atoms with Gasteiger partial charge >= 0.3 is 0 Å². The molecule has 2 nitrogen and oxygen atoms in total. The third-order valence-corrected chi connectivity index (χ3v) is 4.43. The Bertz CT molecular complexity index is 618. The summed E-state index contributed by atoms with van der Waals surface area (Å²) in [4.78, 5) is 0. The Morgan fingerprint density at radius 1 is 1.00 bits per heavy atom. The third-order valence-electron chi connectivity index (χ3n) is 4.43. The summed E-state index contributed by atoms with van der Waals surface area (Å²) in [7, 11) is 0. The van der Waals surface area contributed by atoms with E-state index in [2.05, 4.69) is 77.4 Å². The second-order valence-electron chi connectivity index (χ2n) is 7.01. The van der Waals surface area contributed by atoms with Gasteiger partial charge in [0.15, 0.2) is 0 Å². The number of benzene rings is 1. The number of rotatable bonds is 5. The first kappa shape index (κ1) is 16.8. The molecule has 2 heteroatoms. The predicted molar refractivity (Wildman–Crippen MR) is 95.6 cm³/mol. The lowest BCUT2D eigenvalue weighted by Gasteiger charge is -2.16. The minimum Gasteiger partial charge on any atom is -0.266 e. The number of aryl methyl sites for hydroxylation is 1. The van der Waals surface area contributed by atoms with Crippen molar-refractivity contribution in [2.75, 3.05) is 0 Å². The van der Waals surface area contributed by atoms with Crippen LogP contribution < -0.4 is 0 Å². The summed E-state index contributed by atoms with van der Waals surface area (Å²) in [6.07, 6.45) is 1.12. The Hall–Kier alpha value is -1.57. The molecule has 0 saturated heterocycles. The van der Waals surface area contributed by atoms with Gasteiger partial charge in [0.1, 0.15) is 0 Å². The highest BCUT2D eigenvalue weighted by Crippen LogP contribution is 2.38. The van der Waals surface area contributed by atoms with E-state index in [-0.39, 0.29) is 0 Å². The van der Waals surface area contributed by atoms with Crippen molar-refractivity contribution < 1.29 is 0 Å². The van der Waals surface area contributed by atoms with Crippen LogP contribution in [-0.2, 0) is 0 Å². The molecule has 0 aliphatic rings. The summed E-state index contributed by atoms with van der Waals surface area (Å²) in [6, 6.07) is 9.28. The maximum Gasteiger partial charge on any atom is 0.0734 e. The van der Waals surface area contributed by atoms with Crippen LogP contribution in [0.1, 0.15) is 82.8 Å². The van der Waals surface area contributed by atoms with Crippen LogP contribution in [0.2, 0.25) is 0 Å². The van der Waals surface area contributed by atoms with E-state index in [1.165, 1.54) is 28.1 Å². The highest BCUT2D eigenvalue weighted by Gasteiger charge is 2.25. The fourth-order valence-corrected chi connectivity index (χ4v) is 2.97. The van der Waals surface area contributed by atoms with Gasteiger partial charge in [-0.2, -0.15) is 5.10 Å². The number of aromatic nitrogens is 2. The van der Waals surface area contributed by atoms with Gasteiger partial charge in [-0.05, 0) is 38.7 Å². The van der Waals surface area contributed by atoms with Crippen molar-refractivity contribution in [2.24, 2.45) is 0 Å². The molecule has 2 aromatic rings. The first-order chi connectivity index (χ1) is 10.4. The van der Waals surface area contributed by atoms with E-state index in [1.54, 1.807) is 0 Å². The third kappa shape index (κ3) is 3.11. The lowest BCUT2D eigenvalue weighted by Crippen LogP contribution is -2.09. The zero-order valence-electron chi connectivity index (χ0n) is 15.1. The molecule has 1 unspecified atom stereocenters. The molecule has 1 heterocycles. The molecule has 1 aromatic heterocycles. The van der Waals surface area contributed by atoms with Crippen molar-refractivity contribution in [3.8, 4) is 11.1 Å². The van der Waals surface area contributed by atoms with Crippen LogP contribution in [0.4, 0.5) is 0 Å². The second-order valence-corrected chi connectivity index (χ2v) is 7.01. The van der Waals surface area contributed by atoms with Gasteiger partial charge in [0.2, 0.25) is 0 Å². The van der Waals surface area contributed by atoms with Crippen molar-refractivity contribution in [1.82, 2.24) is 9.78 Å². The molecule has 1 atom stereocenters. The van der Waals surface area contributed by atoms with E-state index in [0.717, 1.165) is 6.42 Å². The average molecular weight is 298 g/mol. The number of hydrogen-bond acceptors (Lipinski definition) is 1. The van der Waals surface area contributed by atoms with Crippen LogP contribution in [-0.4, -0.2) is 9.78 Å². The van der Waals surface area contributed by atoms with Gasteiger partial charge in [-0.1, -0.05) is 57.5 Å². The van der Waals surface area contributed by atoms with Gasteiger partial charge in [0, 0.05) is 23.2 Å². The van der Waals surface area contributed by atoms with Crippen LogP contribution in [0.5, 0.6) is 0 Å².